The van der Waals surface area contributed by atoms with Crippen molar-refractivity contribution in [3.05, 3.63) is 45.4 Å². The molecule has 1 unspecified atom stereocenters. The number of aromatic nitrogens is 1. The molecule has 6 nitrogen and oxygen atoms in total. The summed E-state index contributed by atoms with van der Waals surface area (Å²) in [6, 6.07) is 3.91. The molecular formula is C18H22N2O4S2. The van der Waals surface area contributed by atoms with Crippen LogP contribution in [0.5, 0.6) is 0 Å². The summed E-state index contributed by atoms with van der Waals surface area (Å²) in [5, 5.41) is 10.0. The largest absolute Gasteiger partial charge is 0.478 e. The lowest BCUT2D eigenvalue weighted by Gasteiger charge is -2.19. The number of benzene rings is 1. The Kier molecular flexibility index (Phi) is 5.18. The Morgan fingerprint density at radius 1 is 1.35 bits per heavy atom. The predicted octanol–water partition coefficient (Wildman–Crippen LogP) is 3.70. The number of sulfonamides is 1. The topological polar surface area (TPSA) is 96.4 Å². The second kappa shape index (κ2) is 7.09. The van der Waals surface area contributed by atoms with Gasteiger partial charge in [-0.05, 0) is 49.3 Å². The summed E-state index contributed by atoms with van der Waals surface area (Å²) in [6.07, 6.45) is 3.66. The van der Waals surface area contributed by atoms with Crippen LogP contribution in [0, 0.1) is 12.8 Å². The summed E-state index contributed by atoms with van der Waals surface area (Å²) in [6.45, 7) is 5.71. The highest BCUT2D eigenvalue weighted by Gasteiger charge is 2.38. The van der Waals surface area contributed by atoms with Crippen molar-refractivity contribution in [3.63, 3.8) is 0 Å². The fourth-order valence-corrected chi connectivity index (χ4v) is 5.56. The molecule has 1 aromatic carbocycles. The quantitative estimate of drug-likeness (QED) is 0.746. The van der Waals surface area contributed by atoms with Gasteiger partial charge in [0.15, 0.2) is 0 Å². The molecular weight excluding hydrogens is 372 g/mol. The highest BCUT2D eigenvalue weighted by Crippen LogP contribution is 2.43. The molecule has 1 aromatic heterocycles. The number of carboxylic acid groups (broad SMARTS) is 1. The first-order valence-corrected chi connectivity index (χ1v) is 10.8. The molecule has 0 bridgehead atoms. The number of rotatable bonds is 7. The number of nitrogens with zero attached hydrogens (tertiary/aromatic N) is 1. The number of hydrogen-bond donors (Lipinski definition) is 2. The molecule has 140 valence electrons. The van der Waals surface area contributed by atoms with E-state index in [-0.39, 0.29) is 28.3 Å². The molecule has 26 heavy (non-hydrogen) atoms. The predicted molar refractivity (Wildman–Crippen MR) is 100 cm³/mol. The number of aryl methyl sites for hydroxylation is 1. The third kappa shape index (κ3) is 3.97. The Morgan fingerprint density at radius 2 is 2.04 bits per heavy atom. The van der Waals surface area contributed by atoms with Gasteiger partial charge in [0.25, 0.3) is 0 Å². The fourth-order valence-electron chi connectivity index (χ4n) is 2.90. The summed E-state index contributed by atoms with van der Waals surface area (Å²) in [5.41, 5.74) is 0.565. The van der Waals surface area contributed by atoms with E-state index in [1.807, 2.05) is 20.8 Å². The lowest BCUT2D eigenvalue weighted by Crippen LogP contribution is -2.31. The van der Waals surface area contributed by atoms with Crippen LogP contribution in [0.2, 0.25) is 0 Å². The molecule has 1 aliphatic carbocycles. The summed E-state index contributed by atoms with van der Waals surface area (Å²) in [5.74, 6) is -0.961. The Hall–Kier alpha value is -1.77. The monoisotopic (exact) mass is 394 g/mol. The standard InChI is InChI=1S/C18H22N2O4S2/c1-10(2)14-7-6-13(18(21)22)8-15(14)26(23,24)20-16(12-4-5-12)17-19-9-11(3)25-17/h6-10,12,16,20H,4-5H2,1-3H3,(H,21,22). The SMILES string of the molecule is Cc1cnc(C(NS(=O)(=O)c2cc(C(=O)O)ccc2C(C)C)C2CC2)s1. The van der Waals surface area contributed by atoms with Crippen molar-refractivity contribution in [3.8, 4) is 0 Å². The van der Waals surface area contributed by atoms with Crippen LogP contribution in [-0.4, -0.2) is 24.5 Å². The molecule has 1 fully saturated rings. The molecule has 8 heteroatoms. The van der Waals surface area contributed by atoms with Gasteiger partial charge in [0.2, 0.25) is 10.0 Å². The molecule has 3 rings (SSSR count). The first-order chi connectivity index (χ1) is 12.2. The van der Waals surface area contributed by atoms with Crippen molar-refractivity contribution < 1.29 is 18.3 Å². The van der Waals surface area contributed by atoms with Crippen LogP contribution in [0.3, 0.4) is 0 Å². The number of aromatic carboxylic acids is 1. The van der Waals surface area contributed by atoms with Gasteiger partial charge in [-0.15, -0.1) is 11.3 Å². The van der Waals surface area contributed by atoms with Gasteiger partial charge < -0.3 is 5.11 Å². The third-order valence-corrected chi connectivity index (χ3v) is 6.95. The lowest BCUT2D eigenvalue weighted by molar-refractivity contribution is 0.0696. The van der Waals surface area contributed by atoms with Crippen LogP contribution in [0.15, 0.2) is 29.3 Å². The molecule has 0 aliphatic heterocycles. The van der Waals surface area contributed by atoms with E-state index in [1.54, 1.807) is 12.3 Å². The summed E-state index contributed by atoms with van der Waals surface area (Å²) < 4.78 is 29.0. The van der Waals surface area contributed by atoms with Crippen molar-refractivity contribution in [1.29, 1.82) is 0 Å². The van der Waals surface area contributed by atoms with Gasteiger partial charge in [-0.25, -0.2) is 22.9 Å². The van der Waals surface area contributed by atoms with E-state index in [4.69, 9.17) is 0 Å². The molecule has 0 radical (unpaired) electrons. The fraction of sp³-hybridized carbons (Fsp3) is 0.444. The first kappa shape index (κ1) is 19.0. The molecule has 0 saturated heterocycles. The third-order valence-electron chi connectivity index (χ3n) is 4.45. The lowest BCUT2D eigenvalue weighted by atomic mass is 10.0. The highest BCUT2D eigenvalue weighted by atomic mass is 32.2. The van der Waals surface area contributed by atoms with Crippen LogP contribution >= 0.6 is 11.3 Å². The summed E-state index contributed by atoms with van der Waals surface area (Å²) >= 11 is 1.49. The maximum absolute atomic E-state index is 13.1. The van der Waals surface area contributed by atoms with Crippen molar-refractivity contribution in [2.24, 2.45) is 5.92 Å². The molecule has 2 aromatic rings. The summed E-state index contributed by atoms with van der Waals surface area (Å²) in [7, 11) is -3.88. The molecule has 0 amide bonds. The second-order valence-electron chi connectivity index (χ2n) is 6.96. The van der Waals surface area contributed by atoms with E-state index in [9.17, 15) is 18.3 Å². The molecule has 1 saturated carbocycles. The van der Waals surface area contributed by atoms with Crippen molar-refractivity contribution >= 4 is 27.3 Å². The number of hydrogen-bond acceptors (Lipinski definition) is 5. The van der Waals surface area contributed by atoms with E-state index in [1.165, 1.54) is 23.5 Å². The number of carbonyl (C=O) groups is 1. The second-order valence-corrected chi connectivity index (χ2v) is 9.91. The molecule has 1 atom stereocenters. The molecule has 2 N–H and O–H groups in total. The van der Waals surface area contributed by atoms with Crippen LogP contribution in [0.1, 0.15) is 64.5 Å². The number of thiazole rings is 1. The highest BCUT2D eigenvalue weighted by molar-refractivity contribution is 7.89. The Morgan fingerprint density at radius 3 is 2.54 bits per heavy atom. The summed E-state index contributed by atoms with van der Waals surface area (Å²) in [4.78, 5) is 16.7. The van der Waals surface area contributed by atoms with E-state index in [2.05, 4.69) is 9.71 Å². The molecule has 1 aliphatic rings. The van der Waals surface area contributed by atoms with Gasteiger partial charge in [0, 0.05) is 11.1 Å². The van der Waals surface area contributed by atoms with Crippen LogP contribution < -0.4 is 4.72 Å². The van der Waals surface area contributed by atoms with Crippen LogP contribution in [0.25, 0.3) is 0 Å². The minimum Gasteiger partial charge on any atom is -0.478 e. The zero-order chi connectivity index (χ0) is 19.1. The van der Waals surface area contributed by atoms with Crippen molar-refractivity contribution in [2.45, 2.75) is 50.5 Å². The van der Waals surface area contributed by atoms with E-state index in [0.717, 1.165) is 22.7 Å². The Labute approximate surface area is 157 Å². The zero-order valence-electron chi connectivity index (χ0n) is 14.9. The smallest absolute Gasteiger partial charge is 0.335 e. The van der Waals surface area contributed by atoms with Crippen molar-refractivity contribution in [2.75, 3.05) is 0 Å². The van der Waals surface area contributed by atoms with Gasteiger partial charge in [-0.2, -0.15) is 0 Å². The van der Waals surface area contributed by atoms with E-state index >= 15 is 0 Å². The first-order valence-electron chi connectivity index (χ1n) is 8.51. The minimum absolute atomic E-state index is 0.0336. The number of nitrogens with one attached hydrogen (secondary N) is 1. The van der Waals surface area contributed by atoms with Gasteiger partial charge in [-0.3, -0.25) is 0 Å². The van der Waals surface area contributed by atoms with E-state index < -0.39 is 16.0 Å². The maximum Gasteiger partial charge on any atom is 0.335 e. The van der Waals surface area contributed by atoms with Crippen molar-refractivity contribution in [1.82, 2.24) is 9.71 Å². The molecule has 0 spiro atoms. The number of carboxylic acids is 1. The Bertz CT molecular complexity index is 930. The van der Waals surface area contributed by atoms with Crippen LogP contribution in [-0.2, 0) is 10.0 Å². The minimum atomic E-state index is -3.88. The van der Waals surface area contributed by atoms with E-state index in [0.29, 0.717) is 5.56 Å². The molecule has 1 heterocycles. The van der Waals surface area contributed by atoms with Gasteiger partial charge >= 0.3 is 5.97 Å². The van der Waals surface area contributed by atoms with Gasteiger partial charge in [0.1, 0.15) is 5.01 Å². The normalized spacial score (nSPS) is 16.0. The average Bonchev–Trinajstić information content (AvgIpc) is 3.33. The van der Waals surface area contributed by atoms with Gasteiger partial charge in [-0.1, -0.05) is 19.9 Å². The van der Waals surface area contributed by atoms with Crippen LogP contribution in [0.4, 0.5) is 0 Å². The maximum atomic E-state index is 13.1. The average molecular weight is 395 g/mol. The zero-order valence-corrected chi connectivity index (χ0v) is 16.5. The Balaban J connectivity index is 2.01. The van der Waals surface area contributed by atoms with Gasteiger partial charge in [0.05, 0.1) is 16.5 Å².